The second-order valence-electron chi connectivity index (χ2n) is 11.0. The van der Waals surface area contributed by atoms with E-state index in [1.165, 1.54) is 22.9 Å². The van der Waals surface area contributed by atoms with E-state index in [0.29, 0.717) is 29.2 Å². The fourth-order valence-corrected chi connectivity index (χ4v) is 5.30. The van der Waals surface area contributed by atoms with Crippen molar-refractivity contribution in [3.05, 3.63) is 58.7 Å². The zero-order valence-corrected chi connectivity index (χ0v) is 21.1. The highest BCUT2D eigenvalue weighted by molar-refractivity contribution is 5.95. The molecule has 6 heteroatoms. The predicted molar refractivity (Wildman–Crippen MR) is 135 cm³/mol. The number of aromatic amines is 1. The molecule has 0 amide bonds. The summed E-state index contributed by atoms with van der Waals surface area (Å²) in [5.41, 5.74) is 5.49. The van der Waals surface area contributed by atoms with Gasteiger partial charge in [0.2, 0.25) is 5.78 Å². The maximum Gasteiger partial charge on any atom is 0.202 e. The monoisotopic (exact) mass is 459 g/mol. The lowest BCUT2D eigenvalue weighted by atomic mass is 9.76. The van der Waals surface area contributed by atoms with Crippen LogP contribution in [-0.2, 0) is 6.42 Å². The van der Waals surface area contributed by atoms with Crippen LogP contribution in [0.25, 0.3) is 5.57 Å². The lowest BCUT2D eigenvalue weighted by Gasteiger charge is -2.40. The molecule has 34 heavy (non-hydrogen) atoms. The third-order valence-electron chi connectivity index (χ3n) is 7.38. The van der Waals surface area contributed by atoms with E-state index in [-0.39, 0.29) is 18.0 Å². The topological polar surface area (TPSA) is 84.8 Å². The van der Waals surface area contributed by atoms with Gasteiger partial charge in [-0.15, -0.1) is 0 Å². The van der Waals surface area contributed by atoms with Gasteiger partial charge in [0, 0.05) is 37.6 Å². The average molecular weight is 460 g/mol. The molecule has 2 N–H and O–H groups in total. The number of aromatic nitrogens is 2. The van der Waals surface area contributed by atoms with Crippen LogP contribution >= 0.6 is 0 Å². The minimum Gasteiger partial charge on any atom is -0.327 e. The molecular formula is C28H37N5O. The van der Waals surface area contributed by atoms with Gasteiger partial charge in [-0.05, 0) is 73.8 Å². The van der Waals surface area contributed by atoms with Crippen molar-refractivity contribution in [1.29, 1.82) is 5.26 Å². The first kappa shape index (κ1) is 24.4. The molecule has 0 bridgehead atoms. The number of benzene rings is 1. The molecule has 1 aliphatic heterocycles. The molecular weight excluding hydrogens is 422 g/mol. The first-order valence-corrected chi connectivity index (χ1v) is 12.5. The summed E-state index contributed by atoms with van der Waals surface area (Å²) in [5.74, 6) is 0.160. The Morgan fingerprint density at radius 1 is 1.29 bits per heavy atom. The summed E-state index contributed by atoms with van der Waals surface area (Å²) < 4.78 is 0. The van der Waals surface area contributed by atoms with E-state index in [0.717, 1.165) is 37.9 Å². The first-order valence-electron chi connectivity index (χ1n) is 12.5. The maximum atomic E-state index is 13.0. The van der Waals surface area contributed by atoms with Crippen molar-refractivity contribution >= 4 is 11.4 Å². The maximum absolute atomic E-state index is 13.0. The van der Waals surface area contributed by atoms with Gasteiger partial charge in [0.15, 0.2) is 5.82 Å². The summed E-state index contributed by atoms with van der Waals surface area (Å²) in [4.78, 5) is 22.5. The van der Waals surface area contributed by atoms with Crippen LogP contribution in [0.3, 0.4) is 0 Å². The van der Waals surface area contributed by atoms with Gasteiger partial charge < -0.3 is 10.3 Å². The number of carbonyl (C=O) groups is 1. The lowest BCUT2D eigenvalue weighted by molar-refractivity contribution is 0.0983. The molecule has 0 saturated carbocycles. The van der Waals surface area contributed by atoms with E-state index >= 15 is 0 Å². The second-order valence-corrected chi connectivity index (χ2v) is 11.0. The van der Waals surface area contributed by atoms with E-state index < -0.39 is 0 Å². The van der Waals surface area contributed by atoms with Crippen molar-refractivity contribution in [1.82, 2.24) is 20.2 Å². The molecule has 0 spiro atoms. The van der Waals surface area contributed by atoms with E-state index in [4.69, 9.17) is 5.26 Å². The Hall–Kier alpha value is -2.75. The van der Waals surface area contributed by atoms with E-state index in [2.05, 4.69) is 79.1 Å². The van der Waals surface area contributed by atoms with Gasteiger partial charge in [0.05, 0.1) is 6.20 Å². The molecule has 1 fully saturated rings. The van der Waals surface area contributed by atoms with Crippen LogP contribution in [0.4, 0.5) is 0 Å². The largest absolute Gasteiger partial charge is 0.327 e. The molecule has 3 atom stereocenters. The zero-order valence-electron chi connectivity index (χ0n) is 21.1. The summed E-state index contributed by atoms with van der Waals surface area (Å²) in [7, 11) is 0. The number of ketones is 1. The SMILES string of the molecule is CC(c1ccc(CC(=O)c2ncc(C#N)[nH]2)c(C2=CCC(C)(C)CC2)c1)N1C[C@@H](C)N[C@@H](C)C1. The summed E-state index contributed by atoms with van der Waals surface area (Å²) >= 11 is 0. The highest BCUT2D eigenvalue weighted by Crippen LogP contribution is 2.40. The number of allylic oxidation sites excluding steroid dienone is 2. The lowest BCUT2D eigenvalue weighted by Crippen LogP contribution is -2.54. The molecule has 2 aromatic rings. The number of nitrogens with zero attached hydrogens (tertiary/aromatic N) is 3. The standard InChI is InChI=1S/C28H37N5O/c1-18-16-33(17-19(2)31-18)20(3)22-6-7-23(13-26(34)27-30-15-24(14-29)32-27)25(12-22)21-8-10-28(4,5)11-9-21/h6-8,12,15,18-20,31H,9-11,13,16-17H2,1-5H3,(H,30,32)/t18-,19+,20?. The van der Waals surface area contributed by atoms with Crippen LogP contribution in [0.1, 0.15) is 92.9 Å². The van der Waals surface area contributed by atoms with E-state index in [1.54, 1.807) is 0 Å². The molecule has 2 aliphatic rings. The van der Waals surface area contributed by atoms with Crippen LogP contribution < -0.4 is 5.32 Å². The third-order valence-corrected chi connectivity index (χ3v) is 7.38. The minimum absolute atomic E-state index is 0.0926. The third kappa shape index (κ3) is 5.48. The van der Waals surface area contributed by atoms with Crippen molar-refractivity contribution in [2.75, 3.05) is 13.1 Å². The van der Waals surface area contributed by atoms with Crippen LogP contribution in [0, 0.1) is 16.7 Å². The summed E-state index contributed by atoms with van der Waals surface area (Å²) in [6.07, 6.45) is 7.27. The molecule has 180 valence electrons. The van der Waals surface area contributed by atoms with Gasteiger partial charge in [0.1, 0.15) is 11.8 Å². The number of nitriles is 1. The molecule has 1 saturated heterocycles. The highest BCUT2D eigenvalue weighted by Gasteiger charge is 2.27. The summed E-state index contributed by atoms with van der Waals surface area (Å²) in [5, 5.41) is 12.7. The van der Waals surface area contributed by atoms with Gasteiger partial charge in [0.25, 0.3) is 0 Å². The molecule has 0 radical (unpaired) electrons. The number of nitrogens with one attached hydrogen (secondary N) is 2. The minimum atomic E-state index is -0.0926. The Labute approximate surface area is 203 Å². The molecule has 1 unspecified atom stereocenters. The van der Waals surface area contributed by atoms with Crippen LogP contribution in [0.15, 0.2) is 30.5 Å². The number of carbonyl (C=O) groups excluding carboxylic acids is 1. The van der Waals surface area contributed by atoms with Gasteiger partial charge >= 0.3 is 0 Å². The van der Waals surface area contributed by atoms with Gasteiger partial charge in [-0.1, -0.05) is 32.1 Å². The normalized spacial score (nSPS) is 23.7. The van der Waals surface area contributed by atoms with Gasteiger partial charge in [-0.3, -0.25) is 9.69 Å². The van der Waals surface area contributed by atoms with Crippen LogP contribution in [-0.4, -0.2) is 45.8 Å². The highest BCUT2D eigenvalue weighted by atomic mass is 16.1. The molecule has 2 heterocycles. The Morgan fingerprint density at radius 2 is 2.03 bits per heavy atom. The van der Waals surface area contributed by atoms with Crippen molar-refractivity contribution in [3.63, 3.8) is 0 Å². The quantitative estimate of drug-likeness (QED) is 0.591. The van der Waals surface area contributed by atoms with Crippen molar-refractivity contribution in [2.45, 2.75) is 78.4 Å². The zero-order chi connectivity index (χ0) is 24.5. The van der Waals surface area contributed by atoms with Crippen LogP contribution in [0.5, 0.6) is 0 Å². The van der Waals surface area contributed by atoms with Gasteiger partial charge in [-0.25, -0.2) is 4.98 Å². The Balaban J connectivity index is 1.65. The number of imidazole rings is 1. The summed E-state index contributed by atoms with van der Waals surface area (Å²) in [6, 6.07) is 9.88. The number of rotatable bonds is 6. The molecule has 1 aromatic heterocycles. The summed E-state index contributed by atoms with van der Waals surface area (Å²) in [6.45, 7) is 13.5. The van der Waals surface area contributed by atoms with E-state index in [9.17, 15) is 4.79 Å². The first-order chi connectivity index (χ1) is 16.1. The Kier molecular flexibility index (Phi) is 7.06. The molecule has 4 rings (SSSR count). The van der Waals surface area contributed by atoms with Crippen molar-refractivity contribution in [3.8, 4) is 6.07 Å². The predicted octanol–water partition coefficient (Wildman–Crippen LogP) is 5.04. The smallest absolute Gasteiger partial charge is 0.202 e. The van der Waals surface area contributed by atoms with Crippen LogP contribution in [0.2, 0.25) is 0 Å². The number of hydrogen-bond acceptors (Lipinski definition) is 5. The van der Waals surface area contributed by atoms with Gasteiger partial charge in [-0.2, -0.15) is 5.26 Å². The number of piperazine rings is 1. The van der Waals surface area contributed by atoms with Crippen molar-refractivity contribution in [2.24, 2.45) is 5.41 Å². The fraction of sp³-hybridized carbons (Fsp3) is 0.536. The van der Waals surface area contributed by atoms with Crippen molar-refractivity contribution < 1.29 is 4.79 Å². The molecule has 6 nitrogen and oxygen atoms in total. The Morgan fingerprint density at radius 3 is 2.65 bits per heavy atom. The number of hydrogen-bond donors (Lipinski definition) is 2. The average Bonchev–Trinajstić information content (AvgIpc) is 3.28. The Bertz CT molecular complexity index is 1110. The molecule has 1 aliphatic carbocycles. The van der Waals surface area contributed by atoms with E-state index in [1.807, 2.05) is 6.07 Å². The second kappa shape index (κ2) is 9.85. The number of Topliss-reactive ketones (excluding diaryl/α,β-unsaturated/α-hetero) is 1. The number of H-pyrrole nitrogens is 1. The fourth-order valence-electron chi connectivity index (χ4n) is 5.30. The molecule has 1 aromatic carbocycles.